The molecule has 0 fully saturated rings. The Morgan fingerprint density at radius 2 is 1.74 bits per heavy atom. The van der Waals surface area contributed by atoms with Gasteiger partial charge in [0.1, 0.15) is 6.10 Å². The standard InChI is InChI=1S/C16H15BrO2/c1-19-16(12-7-3-2-4-8-12)15(18)11-13-9-5-6-10-14(13)17/h2-10,16H,11H2,1H3. The number of ketones is 1. The van der Waals surface area contributed by atoms with Crippen LogP contribution in [0.1, 0.15) is 17.2 Å². The lowest BCUT2D eigenvalue weighted by Gasteiger charge is -2.15. The lowest BCUT2D eigenvalue weighted by molar-refractivity contribution is -0.128. The van der Waals surface area contributed by atoms with Crippen molar-refractivity contribution in [3.8, 4) is 0 Å². The van der Waals surface area contributed by atoms with Crippen molar-refractivity contribution in [1.29, 1.82) is 0 Å². The van der Waals surface area contributed by atoms with Crippen molar-refractivity contribution < 1.29 is 9.53 Å². The van der Waals surface area contributed by atoms with Gasteiger partial charge < -0.3 is 4.74 Å². The maximum absolute atomic E-state index is 12.4. The molecule has 0 aliphatic rings. The molecular weight excluding hydrogens is 304 g/mol. The van der Waals surface area contributed by atoms with Crippen molar-refractivity contribution in [1.82, 2.24) is 0 Å². The number of ether oxygens (including phenoxy) is 1. The van der Waals surface area contributed by atoms with Crippen LogP contribution < -0.4 is 0 Å². The van der Waals surface area contributed by atoms with Crippen LogP contribution in [0.2, 0.25) is 0 Å². The highest BCUT2D eigenvalue weighted by molar-refractivity contribution is 9.10. The highest BCUT2D eigenvalue weighted by Gasteiger charge is 2.20. The van der Waals surface area contributed by atoms with E-state index in [9.17, 15) is 4.79 Å². The van der Waals surface area contributed by atoms with E-state index in [1.54, 1.807) is 7.11 Å². The molecule has 0 N–H and O–H groups in total. The predicted octanol–water partition coefficient (Wildman–Crippen LogP) is 3.95. The Morgan fingerprint density at radius 3 is 2.37 bits per heavy atom. The van der Waals surface area contributed by atoms with Gasteiger partial charge in [-0.25, -0.2) is 0 Å². The molecule has 1 atom stereocenters. The van der Waals surface area contributed by atoms with E-state index in [1.165, 1.54) is 0 Å². The summed E-state index contributed by atoms with van der Waals surface area (Å²) in [5.41, 5.74) is 1.87. The summed E-state index contributed by atoms with van der Waals surface area (Å²) in [6, 6.07) is 17.3. The summed E-state index contributed by atoms with van der Waals surface area (Å²) in [5.74, 6) is 0.0561. The van der Waals surface area contributed by atoms with Gasteiger partial charge in [-0.05, 0) is 17.2 Å². The van der Waals surface area contributed by atoms with Crippen molar-refractivity contribution in [2.75, 3.05) is 7.11 Å². The van der Waals surface area contributed by atoms with Gasteiger partial charge >= 0.3 is 0 Å². The Kier molecular flexibility index (Phi) is 4.88. The average molecular weight is 319 g/mol. The average Bonchev–Trinajstić information content (AvgIpc) is 2.43. The van der Waals surface area contributed by atoms with Gasteiger partial charge in [0.05, 0.1) is 0 Å². The molecule has 0 radical (unpaired) electrons. The van der Waals surface area contributed by atoms with Gasteiger partial charge in [0, 0.05) is 18.0 Å². The maximum Gasteiger partial charge on any atom is 0.170 e. The molecular formula is C16H15BrO2. The fraction of sp³-hybridized carbons (Fsp3) is 0.188. The first-order chi connectivity index (χ1) is 9.22. The molecule has 2 aromatic rings. The Hall–Kier alpha value is -1.45. The molecule has 0 aromatic heterocycles. The maximum atomic E-state index is 12.4. The zero-order valence-electron chi connectivity index (χ0n) is 10.7. The first kappa shape index (κ1) is 14.0. The lowest BCUT2D eigenvalue weighted by atomic mass is 10.00. The minimum Gasteiger partial charge on any atom is -0.369 e. The number of hydrogen-bond acceptors (Lipinski definition) is 2. The van der Waals surface area contributed by atoms with Gasteiger partial charge in [0.2, 0.25) is 0 Å². The smallest absolute Gasteiger partial charge is 0.170 e. The molecule has 1 unspecified atom stereocenters. The molecule has 0 spiro atoms. The number of carbonyl (C=O) groups is 1. The summed E-state index contributed by atoms with van der Waals surface area (Å²) >= 11 is 3.46. The Labute approximate surface area is 121 Å². The summed E-state index contributed by atoms with van der Waals surface area (Å²) in [4.78, 5) is 12.4. The normalized spacial score (nSPS) is 12.1. The molecule has 0 heterocycles. The van der Waals surface area contributed by atoms with Crippen LogP contribution in [0.3, 0.4) is 0 Å². The van der Waals surface area contributed by atoms with Gasteiger partial charge in [-0.3, -0.25) is 4.79 Å². The van der Waals surface area contributed by atoms with Gasteiger partial charge in [-0.1, -0.05) is 64.5 Å². The van der Waals surface area contributed by atoms with E-state index in [2.05, 4.69) is 15.9 Å². The van der Waals surface area contributed by atoms with Crippen molar-refractivity contribution >= 4 is 21.7 Å². The zero-order valence-corrected chi connectivity index (χ0v) is 12.3. The van der Waals surface area contributed by atoms with Crippen LogP contribution in [-0.2, 0) is 16.0 Å². The van der Waals surface area contributed by atoms with E-state index < -0.39 is 6.10 Å². The van der Waals surface area contributed by atoms with Gasteiger partial charge in [-0.2, -0.15) is 0 Å². The van der Waals surface area contributed by atoms with E-state index in [1.807, 2.05) is 54.6 Å². The molecule has 19 heavy (non-hydrogen) atoms. The minimum atomic E-state index is -0.506. The molecule has 0 aliphatic heterocycles. The van der Waals surface area contributed by atoms with Crippen LogP contribution in [0.15, 0.2) is 59.1 Å². The van der Waals surface area contributed by atoms with E-state index >= 15 is 0 Å². The number of carbonyl (C=O) groups excluding carboxylic acids is 1. The highest BCUT2D eigenvalue weighted by Crippen LogP contribution is 2.22. The van der Waals surface area contributed by atoms with Gasteiger partial charge in [0.15, 0.2) is 5.78 Å². The molecule has 0 saturated heterocycles. The third-order valence-electron chi connectivity index (χ3n) is 2.95. The number of benzene rings is 2. The summed E-state index contributed by atoms with van der Waals surface area (Å²) in [7, 11) is 1.57. The molecule has 0 saturated carbocycles. The molecule has 0 amide bonds. The highest BCUT2D eigenvalue weighted by atomic mass is 79.9. The molecule has 2 aromatic carbocycles. The number of methoxy groups -OCH3 is 1. The third-order valence-corrected chi connectivity index (χ3v) is 3.73. The number of halogens is 1. The lowest BCUT2D eigenvalue weighted by Crippen LogP contribution is -2.17. The number of hydrogen-bond donors (Lipinski definition) is 0. The zero-order chi connectivity index (χ0) is 13.7. The molecule has 0 aliphatic carbocycles. The third kappa shape index (κ3) is 3.52. The first-order valence-corrected chi connectivity index (χ1v) is 6.85. The van der Waals surface area contributed by atoms with Gasteiger partial charge in [-0.15, -0.1) is 0 Å². The Morgan fingerprint density at radius 1 is 1.11 bits per heavy atom. The SMILES string of the molecule is COC(C(=O)Cc1ccccc1Br)c1ccccc1. The molecule has 2 rings (SSSR count). The first-order valence-electron chi connectivity index (χ1n) is 6.06. The van der Waals surface area contributed by atoms with Crippen molar-refractivity contribution in [3.63, 3.8) is 0 Å². The van der Waals surface area contributed by atoms with Crippen molar-refractivity contribution in [2.24, 2.45) is 0 Å². The van der Waals surface area contributed by atoms with Crippen LogP contribution in [0, 0.1) is 0 Å². The van der Waals surface area contributed by atoms with Crippen LogP contribution in [0.4, 0.5) is 0 Å². The van der Waals surface area contributed by atoms with E-state index in [4.69, 9.17) is 4.74 Å². The van der Waals surface area contributed by atoms with Crippen LogP contribution >= 0.6 is 15.9 Å². The molecule has 3 heteroatoms. The Balaban J connectivity index is 2.17. The fourth-order valence-corrected chi connectivity index (χ4v) is 2.43. The second kappa shape index (κ2) is 6.64. The molecule has 2 nitrogen and oxygen atoms in total. The number of Topliss-reactive ketones (excluding diaryl/α,β-unsaturated/α-hetero) is 1. The largest absolute Gasteiger partial charge is 0.369 e. The second-order valence-electron chi connectivity index (χ2n) is 4.26. The monoisotopic (exact) mass is 318 g/mol. The minimum absolute atomic E-state index is 0.0561. The van der Waals surface area contributed by atoms with Crippen molar-refractivity contribution in [3.05, 3.63) is 70.2 Å². The predicted molar refractivity (Wildman–Crippen MR) is 79.0 cm³/mol. The summed E-state index contributed by atoms with van der Waals surface area (Å²) in [6.45, 7) is 0. The molecule has 98 valence electrons. The summed E-state index contributed by atoms with van der Waals surface area (Å²) < 4.78 is 6.30. The van der Waals surface area contributed by atoms with Crippen LogP contribution in [0.5, 0.6) is 0 Å². The number of rotatable bonds is 5. The van der Waals surface area contributed by atoms with E-state index in [-0.39, 0.29) is 5.78 Å². The Bertz CT molecular complexity index is 552. The topological polar surface area (TPSA) is 26.3 Å². The quantitative estimate of drug-likeness (QED) is 0.834. The molecule has 0 bridgehead atoms. The van der Waals surface area contributed by atoms with Crippen LogP contribution in [0.25, 0.3) is 0 Å². The van der Waals surface area contributed by atoms with Crippen LogP contribution in [-0.4, -0.2) is 12.9 Å². The van der Waals surface area contributed by atoms with E-state index in [0.29, 0.717) is 6.42 Å². The second-order valence-corrected chi connectivity index (χ2v) is 5.12. The summed E-state index contributed by atoms with van der Waals surface area (Å²) in [5, 5.41) is 0. The van der Waals surface area contributed by atoms with Gasteiger partial charge in [0.25, 0.3) is 0 Å². The summed E-state index contributed by atoms with van der Waals surface area (Å²) in [6.07, 6.45) is -0.150. The van der Waals surface area contributed by atoms with Crippen molar-refractivity contribution in [2.45, 2.75) is 12.5 Å². The van der Waals surface area contributed by atoms with E-state index in [0.717, 1.165) is 15.6 Å². The fourth-order valence-electron chi connectivity index (χ4n) is 2.00.